The number of aromatic nitrogens is 2. The van der Waals surface area contributed by atoms with Gasteiger partial charge in [-0.25, -0.2) is 4.68 Å². The molecule has 3 aromatic rings. The summed E-state index contributed by atoms with van der Waals surface area (Å²) in [5.41, 5.74) is 4.76. The van der Waals surface area contributed by atoms with Crippen molar-refractivity contribution in [1.82, 2.24) is 14.7 Å². The number of hydrogen-bond acceptors (Lipinski definition) is 3. The fourth-order valence-corrected chi connectivity index (χ4v) is 3.76. The summed E-state index contributed by atoms with van der Waals surface area (Å²) in [4.78, 5) is 14.9. The second-order valence-electron chi connectivity index (χ2n) is 7.80. The average molecular weight is 389 g/mol. The zero-order chi connectivity index (χ0) is 20.4. The highest BCUT2D eigenvalue weighted by molar-refractivity contribution is 5.92. The van der Waals surface area contributed by atoms with Gasteiger partial charge in [-0.2, -0.15) is 5.10 Å². The van der Waals surface area contributed by atoms with Gasteiger partial charge in [0.2, 0.25) is 0 Å². The van der Waals surface area contributed by atoms with E-state index in [2.05, 4.69) is 37.1 Å². The number of carbonyl (C=O) groups excluding carboxylic acids is 1. The maximum absolute atomic E-state index is 13.0. The molecule has 1 aliphatic rings. The fourth-order valence-electron chi connectivity index (χ4n) is 3.76. The first kappa shape index (κ1) is 19.2. The molecule has 0 unspecified atom stereocenters. The summed E-state index contributed by atoms with van der Waals surface area (Å²) in [5.74, 6) is 0.944. The molecule has 1 saturated heterocycles. The van der Waals surface area contributed by atoms with Gasteiger partial charge in [0.15, 0.2) is 5.69 Å². The Balaban J connectivity index is 1.40. The van der Waals surface area contributed by atoms with E-state index >= 15 is 0 Å². The van der Waals surface area contributed by atoms with E-state index in [9.17, 15) is 4.79 Å². The summed E-state index contributed by atoms with van der Waals surface area (Å²) in [7, 11) is 0. The number of likely N-dealkylation sites (tertiary alicyclic amines) is 1. The monoisotopic (exact) mass is 389 g/mol. The predicted octanol–water partition coefficient (Wildman–Crippen LogP) is 4.48. The Morgan fingerprint density at radius 2 is 1.72 bits per heavy atom. The second-order valence-corrected chi connectivity index (χ2v) is 7.80. The highest BCUT2D eigenvalue weighted by Gasteiger charge is 2.26. The zero-order valence-electron chi connectivity index (χ0n) is 17.3. The normalized spacial score (nSPS) is 14.8. The van der Waals surface area contributed by atoms with E-state index in [0.717, 1.165) is 35.5 Å². The molecule has 150 valence electrons. The molecule has 2 aromatic carbocycles. The number of ether oxygens (including phenoxy) is 1. The van der Waals surface area contributed by atoms with Crippen LogP contribution in [0.15, 0.2) is 54.6 Å². The molecule has 5 nitrogen and oxygen atoms in total. The zero-order valence-corrected chi connectivity index (χ0v) is 17.3. The van der Waals surface area contributed by atoms with Gasteiger partial charge in [0.1, 0.15) is 11.9 Å². The van der Waals surface area contributed by atoms with E-state index in [1.54, 1.807) is 0 Å². The number of amides is 1. The Morgan fingerprint density at radius 1 is 1.00 bits per heavy atom. The smallest absolute Gasteiger partial charge is 0.274 e. The summed E-state index contributed by atoms with van der Waals surface area (Å²) in [6, 6.07) is 18.0. The van der Waals surface area contributed by atoms with E-state index in [1.165, 1.54) is 5.56 Å². The number of para-hydroxylation sites is 1. The van der Waals surface area contributed by atoms with Crippen LogP contribution in [0.4, 0.5) is 0 Å². The number of benzene rings is 2. The Hall–Kier alpha value is -3.08. The van der Waals surface area contributed by atoms with Crippen LogP contribution in [0.1, 0.15) is 40.2 Å². The van der Waals surface area contributed by atoms with Crippen LogP contribution in [-0.4, -0.2) is 39.8 Å². The Morgan fingerprint density at radius 3 is 2.45 bits per heavy atom. The lowest BCUT2D eigenvalue weighted by atomic mass is 10.1. The van der Waals surface area contributed by atoms with Gasteiger partial charge in [0.05, 0.1) is 5.69 Å². The van der Waals surface area contributed by atoms with Gasteiger partial charge in [0.25, 0.3) is 5.91 Å². The van der Waals surface area contributed by atoms with Gasteiger partial charge in [-0.3, -0.25) is 4.79 Å². The molecule has 0 atom stereocenters. The van der Waals surface area contributed by atoms with Crippen molar-refractivity contribution in [2.24, 2.45) is 0 Å². The Kier molecular flexibility index (Phi) is 5.38. The van der Waals surface area contributed by atoms with Crippen LogP contribution >= 0.6 is 0 Å². The number of piperidine rings is 1. The molecule has 1 amide bonds. The van der Waals surface area contributed by atoms with Crippen LogP contribution in [0.3, 0.4) is 0 Å². The third-order valence-corrected chi connectivity index (χ3v) is 5.47. The van der Waals surface area contributed by atoms with Crippen molar-refractivity contribution in [3.8, 4) is 11.4 Å². The van der Waals surface area contributed by atoms with E-state index in [0.29, 0.717) is 18.8 Å². The molecule has 5 heteroatoms. The third kappa shape index (κ3) is 4.19. The molecule has 0 N–H and O–H groups in total. The van der Waals surface area contributed by atoms with Crippen molar-refractivity contribution >= 4 is 5.91 Å². The van der Waals surface area contributed by atoms with E-state index in [1.807, 2.05) is 52.9 Å². The van der Waals surface area contributed by atoms with Crippen molar-refractivity contribution in [3.05, 3.63) is 77.1 Å². The predicted molar refractivity (Wildman–Crippen MR) is 114 cm³/mol. The van der Waals surface area contributed by atoms with Gasteiger partial charge < -0.3 is 9.64 Å². The summed E-state index contributed by atoms with van der Waals surface area (Å²) < 4.78 is 8.05. The highest BCUT2D eigenvalue weighted by atomic mass is 16.5. The summed E-state index contributed by atoms with van der Waals surface area (Å²) in [5, 5.41) is 4.56. The lowest BCUT2D eigenvalue weighted by molar-refractivity contribution is 0.0588. The molecule has 1 fully saturated rings. The molecule has 0 saturated carbocycles. The minimum absolute atomic E-state index is 0.00651. The van der Waals surface area contributed by atoms with Crippen molar-refractivity contribution in [2.45, 2.75) is 39.7 Å². The first-order valence-electron chi connectivity index (χ1n) is 10.2. The third-order valence-electron chi connectivity index (χ3n) is 5.47. The molecule has 2 heterocycles. The molecule has 1 aromatic heterocycles. The lowest BCUT2D eigenvalue weighted by Gasteiger charge is -2.32. The van der Waals surface area contributed by atoms with Gasteiger partial charge >= 0.3 is 0 Å². The number of rotatable bonds is 4. The SMILES string of the molecule is Cc1ccc(C)c(OC2CCN(C(=O)c3cc(C)n(-c4ccccc4)n3)CC2)c1. The van der Waals surface area contributed by atoms with Crippen LogP contribution in [0.5, 0.6) is 5.75 Å². The molecule has 0 bridgehead atoms. The Labute approximate surface area is 171 Å². The number of carbonyl (C=O) groups is 1. The topological polar surface area (TPSA) is 47.4 Å². The summed E-state index contributed by atoms with van der Waals surface area (Å²) in [6.07, 6.45) is 1.80. The highest BCUT2D eigenvalue weighted by Crippen LogP contribution is 2.24. The van der Waals surface area contributed by atoms with Crippen molar-refractivity contribution in [1.29, 1.82) is 0 Å². The minimum Gasteiger partial charge on any atom is -0.490 e. The standard InChI is InChI=1S/C24H27N3O2/c1-17-9-10-18(2)23(15-17)29-21-11-13-26(14-12-21)24(28)22-16-19(3)27(25-22)20-7-5-4-6-8-20/h4-10,15-16,21H,11-14H2,1-3H3. The Bertz CT molecular complexity index is 1000. The molecular weight excluding hydrogens is 362 g/mol. The van der Waals surface area contributed by atoms with Gasteiger partial charge in [-0.15, -0.1) is 0 Å². The molecule has 1 aliphatic heterocycles. The van der Waals surface area contributed by atoms with E-state index in [-0.39, 0.29) is 12.0 Å². The van der Waals surface area contributed by atoms with E-state index < -0.39 is 0 Å². The first-order chi connectivity index (χ1) is 14.0. The summed E-state index contributed by atoms with van der Waals surface area (Å²) in [6.45, 7) is 7.49. The maximum Gasteiger partial charge on any atom is 0.274 e. The van der Waals surface area contributed by atoms with Crippen LogP contribution in [0, 0.1) is 20.8 Å². The number of hydrogen-bond donors (Lipinski definition) is 0. The quantitative estimate of drug-likeness (QED) is 0.661. The molecule has 29 heavy (non-hydrogen) atoms. The van der Waals surface area contributed by atoms with Crippen LogP contribution < -0.4 is 4.74 Å². The molecule has 4 rings (SSSR count). The van der Waals surface area contributed by atoms with Crippen molar-refractivity contribution < 1.29 is 9.53 Å². The number of nitrogens with zero attached hydrogens (tertiary/aromatic N) is 3. The molecule has 0 spiro atoms. The summed E-state index contributed by atoms with van der Waals surface area (Å²) >= 11 is 0. The average Bonchev–Trinajstić information content (AvgIpc) is 3.13. The first-order valence-corrected chi connectivity index (χ1v) is 10.2. The minimum atomic E-state index is -0.00651. The maximum atomic E-state index is 13.0. The van der Waals surface area contributed by atoms with Crippen LogP contribution in [0.2, 0.25) is 0 Å². The molecule has 0 aliphatic carbocycles. The van der Waals surface area contributed by atoms with Gasteiger partial charge in [0, 0.05) is 31.6 Å². The van der Waals surface area contributed by atoms with Crippen LogP contribution in [0.25, 0.3) is 5.69 Å². The molecular formula is C24H27N3O2. The fraction of sp³-hybridized carbons (Fsp3) is 0.333. The van der Waals surface area contributed by atoms with Crippen molar-refractivity contribution in [3.63, 3.8) is 0 Å². The second kappa shape index (κ2) is 8.11. The largest absolute Gasteiger partial charge is 0.490 e. The lowest BCUT2D eigenvalue weighted by Crippen LogP contribution is -2.42. The molecule has 0 radical (unpaired) electrons. The van der Waals surface area contributed by atoms with E-state index in [4.69, 9.17) is 4.74 Å². The van der Waals surface area contributed by atoms with Gasteiger partial charge in [-0.05, 0) is 56.2 Å². The van der Waals surface area contributed by atoms with Crippen LogP contribution in [-0.2, 0) is 0 Å². The van der Waals surface area contributed by atoms with Crippen molar-refractivity contribution in [2.75, 3.05) is 13.1 Å². The van der Waals surface area contributed by atoms with Gasteiger partial charge in [-0.1, -0.05) is 30.3 Å². The number of aryl methyl sites for hydroxylation is 3.